The highest BCUT2D eigenvalue weighted by molar-refractivity contribution is 7.48. The zero-order chi connectivity index (χ0) is 42.3. The van der Waals surface area contributed by atoms with Crippen molar-refractivity contribution in [3.8, 4) is 0 Å². The first-order valence-electron chi connectivity index (χ1n) is 24.5. The van der Waals surface area contributed by atoms with E-state index in [1.54, 1.807) is 0 Å². The molecule has 59 heavy (non-hydrogen) atoms. The number of esters is 2. The second-order valence-electron chi connectivity index (χ2n) is 16.9. The van der Waals surface area contributed by atoms with Crippen LogP contribution in [-0.2, 0) is 48.5 Å². The summed E-state index contributed by atoms with van der Waals surface area (Å²) in [5.74, 6) is -0.719. The molecule has 10 heteroatoms. The van der Waals surface area contributed by atoms with Gasteiger partial charge in [0.05, 0.1) is 26.4 Å². The minimum atomic E-state index is -3.90. The summed E-state index contributed by atoms with van der Waals surface area (Å²) in [5.41, 5.74) is 1.01. The van der Waals surface area contributed by atoms with Crippen LogP contribution in [0.15, 0.2) is 30.3 Å². The molecule has 9 nitrogen and oxygen atoms in total. The Morgan fingerprint density at radius 2 is 0.949 bits per heavy atom. The monoisotopic (exact) mass is 851 g/mol. The lowest BCUT2D eigenvalue weighted by Gasteiger charge is -2.29. The molecule has 0 radical (unpaired) electrons. The van der Waals surface area contributed by atoms with Crippen LogP contribution in [0.1, 0.15) is 225 Å². The maximum Gasteiger partial charge on any atom is 0.475 e. The topological polar surface area (TPSA) is 107 Å². The van der Waals surface area contributed by atoms with E-state index in [9.17, 15) is 14.2 Å². The number of ether oxygens (including phenoxy) is 3. The Bertz CT molecular complexity index is 1150. The van der Waals surface area contributed by atoms with Crippen LogP contribution in [-0.4, -0.2) is 50.6 Å². The van der Waals surface area contributed by atoms with E-state index in [1.165, 1.54) is 154 Å². The molecule has 0 N–H and O–H groups in total. The standard InChI is InChI=1S/C49H87O9P/c1-3-5-7-9-11-13-15-17-19-21-23-25-27-29-34-38-48(50)54-41-47(44-57-59(52)55-42-46(43-56-59)53-40-45-36-32-31-33-37-45)58-49(51)39-35-30-28-26-24-22-20-18-16-14-12-10-8-6-4-2/h31-33,36-37,46-47H,3-30,34-35,38-44H2,1-2H3. The molecule has 1 atom stereocenters. The maximum absolute atomic E-state index is 13.2. The van der Waals surface area contributed by atoms with Crippen LogP contribution in [0.5, 0.6) is 0 Å². The molecule has 342 valence electrons. The van der Waals surface area contributed by atoms with Gasteiger partial charge < -0.3 is 14.2 Å². The molecule has 1 aliphatic rings. The van der Waals surface area contributed by atoms with E-state index < -0.39 is 20.0 Å². The summed E-state index contributed by atoms with van der Waals surface area (Å²) in [6.07, 6.45) is 36.9. The van der Waals surface area contributed by atoms with Gasteiger partial charge in [-0.1, -0.05) is 224 Å². The molecule has 1 aliphatic heterocycles. The van der Waals surface area contributed by atoms with Crippen molar-refractivity contribution in [1.82, 2.24) is 0 Å². The van der Waals surface area contributed by atoms with E-state index >= 15 is 0 Å². The highest BCUT2D eigenvalue weighted by Gasteiger charge is 2.36. The molecule has 0 saturated carbocycles. The molecule has 1 heterocycles. The van der Waals surface area contributed by atoms with Crippen molar-refractivity contribution in [3.63, 3.8) is 0 Å². The molecular weight excluding hydrogens is 764 g/mol. The Kier molecular flexibility index (Phi) is 34.3. The number of phosphoric ester groups is 1. The third-order valence-electron chi connectivity index (χ3n) is 11.3. The van der Waals surface area contributed by atoms with Crippen LogP contribution in [0.25, 0.3) is 0 Å². The largest absolute Gasteiger partial charge is 0.475 e. The predicted molar refractivity (Wildman–Crippen MR) is 240 cm³/mol. The van der Waals surface area contributed by atoms with Crippen molar-refractivity contribution < 1.29 is 41.9 Å². The molecule has 2 rings (SSSR count). The first-order valence-corrected chi connectivity index (χ1v) is 25.9. The van der Waals surface area contributed by atoms with E-state index in [-0.39, 0.29) is 44.8 Å². The van der Waals surface area contributed by atoms with Crippen molar-refractivity contribution in [2.24, 2.45) is 0 Å². The lowest BCUT2D eigenvalue weighted by atomic mass is 10.0. The Balaban J connectivity index is 1.63. The van der Waals surface area contributed by atoms with Crippen LogP contribution in [0.2, 0.25) is 0 Å². The van der Waals surface area contributed by atoms with E-state index in [0.29, 0.717) is 13.0 Å². The van der Waals surface area contributed by atoms with Crippen LogP contribution in [0.3, 0.4) is 0 Å². The first kappa shape index (κ1) is 53.4. The predicted octanol–water partition coefficient (Wildman–Crippen LogP) is 14.7. The summed E-state index contributed by atoms with van der Waals surface area (Å²) in [6, 6.07) is 9.76. The van der Waals surface area contributed by atoms with Crippen molar-refractivity contribution in [2.75, 3.05) is 26.4 Å². The molecule has 0 spiro atoms. The minimum absolute atomic E-state index is 0.0437. The van der Waals surface area contributed by atoms with E-state index in [1.807, 2.05) is 30.3 Å². The Morgan fingerprint density at radius 3 is 1.37 bits per heavy atom. The summed E-state index contributed by atoms with van der Waals surface area (Å²) < 4.78 is 46.8. The Labute approximate surface area is 361 Å². The molecule has 1 aromatic rings. The van der Waals surface area contributed by atoms with Gasteiger partial charge in [-0.25, -0.2) is 4.57 Å². The van der Waals surface area contributed by atoms with Gasteiger partial charge >= 0.3 is 19.8 Å². The SMILES string of the molecule is CCCCCCCCCCCCCCCCCC(=O)OCC(COP1(=O)OCC(OCc2ccccc2)CO1)OC(=O)CCCCCCCCCCCCCCCCC. The van der Waals surface area contributed by atoms with Crippen LogP contribution < -0.4 is 0 Å². The summed E-state index contributed by atoms with van der Waals surface area (Å²) >= 11 is 0. The van der Waals surface area contributed by atoms with Crippen molar-refractivity contribution in [2.45, 2.75) is 238 Å². The molecule has 0 aliphatic carbocycles. The van der Waals surface area contributed by atoms with Gasteiger partial charge in [-0.05, 0) is 18.4 Å². The average Bonchev–Trinajstić information content (AvgIpc) is 3.24. The second-order valence-corrected chi connectivity index (χ2v) is 18.6. The van der Waals surface area contributed by atoms with Crippen LogP contribution >= 0.6 is 7.82 Å². The number of phosphoric acid groups is 1. The normalized spacial score (nSPS) is 17.2. The van der Waals surface area contributed by atoms with Crippen LogP contribution in [0, 0.1) is 0 Å². The first-order chi connectivity index (χ1) is 28.9. The number of unbranched alkanes of at least 4 members (excludes halogenated alkanes) is 28. The average molecular weight is 851 g/mol. The van der Waals surface area contributed by atoms with Gasteiger partial charge in [0, 0.05) is 12.8 Å². The highest BCUT2D eigenvalue weighted by Crippen LogP contribution is 2.52. The number of rotatable bonds is 41. The summed E-state index contributed by atoms with van der Waals surface area (Å²) in [4.78, 5) is 25.5. The zero-order valence-corrected chi connectivity index (χ0v) is 38.7. The number of carbonyl (C=O) groups excluding carboxylic acids is 2. The van der Waals surface area contributed by atoms with Gasteiger partial charge in [0.1, 0.15) is 12.7 Å². The quantitative estimate of drug-likeness (QED) is 0.0361. The van der Waals surface area contributed by atoms with Gasteiger partial charge in [-0.2, -0.15) is 0 Å². The second kappa shape index (κ2) is 37.9. The third-order valence-corrected chi connectivity index (χ3v) is 12.7. The number of hydrogen-bond donors (Lipinski definition) is 0. The molecule has 1 saturated heterocycles. The number of hydrogen-bond acceptors (Lipinski definition) is 9. The molecular formula is C49H87O9P. The van der Waals surface area contributed by atoms with Crippen molar-refractivity contribution >= 4 is 19.8 Å². The molecule has 1 fully saturated rings. The van der Waals surface area contributed by atoms with Crippen LogP contribution in [0.4, 0.5) is 0 Å². The summed E-state index contributed by atoms with van der Waals surface area (Å²) in [7, 11) is -3.90. The lowest BCUT2D eigenvalue weighted by molar-refractivity contribution is -0.161. The Morgan fingerprint density at radius 1 is 0.559 bits per heavy atom. The molecule has 1 aromatic carbocycles. The Hall–Kier alpha value is -1.77. The van der Waals surface area contributed by atoms with Crippen molar-refractivity contribution in [3.05, 3.63) is 35.9 Å². The number of carbonyl (C=O) groups is 2. The van der Waals surface area contributed by atoms with E-state index in [0.717, 1.165) is 44.1 Å². The van der Waals surface area contributed by atoms with Gasteiger partial charge in [-0.15, -0.1) is 0 Å². The minimum Gasteiger partial charge on any atom is -0.462 e. The molecule has 0 amide bonds. The van der Waals surface area contributed by atoms with E-state index in [4.69, 9.17) is 27.8 Å². The fourth-order valence-corrected chi connectivity index (χ4v) is 8.74. The fraction of sp³-hybridized carbons (Fsp3) is 0.837. The maximum atomic E-state index is 13.2. The van der Waals surface area contributed by atoms with Gasteiger partial charge in [0.25, 0.3) is 0 Å². The molecule has 1 unspecified atom stereocenters. The van der Waals surface area contributed by atoms with Gasteiger partial charge in [-0.3, -0.25) is 23.2 Å². The molecule has 0 aromatic heterocycles. The number of benzene rings is 1. The fourth-order valence-electron chi connectivity index (χ4n) is 7.47. The lowest BCUT2D eigenvalue weighted by Crippen LogP contribution is -2.32. The third kappa shape index (κ3) is 31.7. The highest BCUT2D eigenvalue weighted by atomic mass is 31.2. The zero-order valence-electron chi connectivity index (χ0n) is 37.8. The smallest absolute Gasteiger partial charge is 0.462 e. The van der Waals surface area contributed by atoms with Gasteiger partial charge in [0.2, 0.25) is 0 Å². The summed E-state index contributed by atoms with van der Waals surface area (Å²) in [6.45, 7) is 4.55. The van der Waals surface area contributed by atoms with Crippen molar-refractivity contribution in [1.29, 1.82) is 0 Å². The summed E-state index contributed by atoms with van der Waals surface area (Å²) in [5, 5.41) is 0. The van der Waals surface area contributed by atoms with E-state index in [2.05, 4.69) is 13.8 Å². The van der Waals surface area contributed by atoms with Gasteiger partial charge in [0.15, 0.2) is 6.10 Å². The molecule has 0 bridgehead atoms.